The zero-order valence-electron chi connectivity index (χ0n) is 40.1. The van der Waals surface area contributed by atoms with Crippen molar-refractivity contribution in [1.82, 2.24) is 5.32 Å². The van der Waals surface area contributed by atoms with Gasteiger partial charge in [-0.15, -0.1) is 0 Å². The maximum absolute atomic E-state index is 12.8. The third kappa shape index (κ3) is 45.8. The average Bonchev–Trinajstić information content (AvgIpc) is 3.21. The predicted molar refractivity (Wildman–Crippen MR) is 263 cm³/mol. The van der Waals surface area contributed by atoms with Crippen molar-refractivity contribution < 1.29 is 32.9 Å². The molecule has 0 saturated carbocycles. The van der Waals surface area contributed by atoms with Crippen LogP contribution in [0.4, 0.5) is 0 Å². The van der Waals surface area contributed by atoms with Crippen molar-refractivity contribution in [3.05, 3.63) is 72.9 Å². The van der Waals surface area contributed by atoms with E-state index < -0.39 is 20.0 Å². The second kappa shape index (κ2) is 43.2. The number of carbonyl (C=O) groups is 1. The van der Waals surface area contributed by atoms with Gasteiger partial charge in [0.2, 0.25) is 5.91 Å². The summed E-state index contributed by atoms with van der Waals surface area (Å²) in [6.45, 7) is 4.61. The van der Waals surface area contributed by atoms with Crippen molar-refractivity contribution in [2.45, 2.75) is 212 Å². The fourth-order valence-corrected chi connectivity index (χ4v) is 7.51. The van der Waals surface area contributed by atoms with Crippen LogP contribution in [-0.4, -0.2) is 73.4 Å². The molecule has 0 fully saturated rings. The SMILES string of the molecule is CC/C=C\C/C=C\C/C=C\C/C=C\C/C=C\CCCCCCCCCCCCCCCCCCCC(=O)NC(COP(=O)(O)OCC[N+](C)(C)C)C(O)/C=C/CCCCCC. The lowest BCUT2D eigenvalue weighted by molar-refractivity contribution is -0.870. The summed E-state index contributed by atoms with van der Waals surface area (Å²) in [7, 11) is 1.56. The first-order valence-corrected chi connectivity index (χ1v) is 26.3. The molecule has 0 heterocycles. The second-order valence-corrected chi connectivity index (χ2v) is 19.3. The number of amides is 1. The molecule has 0 aromatic heterocycles. The van der Waals surface area contributed by atoms with Gasteiger partial charge in [-0.2, -0.15) is 0 Å². The van der Waals surface area contributed by atoms with Gasteiger partial charge in [-0.25, -0.2) is 4.57 Å². The number of rotatable bonds is 44. The Kier molecular flexibility index (Phi) is 41.7. The number of likely N-dealkylation sites (N-methyl/N-ethyl adjacent to an activating group) is 1. The van der Waals surface area contributed by atoms with Crippen LogP contribution in [0.1, 0.15) is 200 Å². The zero-order chi connectivity index (χ0) is 45.0. The topological polar surface area (TPSA) is 105 Å². The first-order valence-electron chi connectivity index (χ1n) is 24.8. The van der Waals surface area contributed by atoms with Gasteiger partial charge >= 0.3 is 7.82 Å². The minimum absolute atomic E-state index is 0.0593. The number of phosphoric acid groups is 1. The smallest absolute Gasteiger partial charge is 0.387 e. The van der Waals surface area contributed by atoms with Crippen molar-refractivity contribution in [3.8, 4) is 0 Å². The van der Waals surface area contributed by atoms with Crippen LogP contribution >= 0.6 is 7.82 Å². The molecule has 0 aromatic carbocycles. The minimum Gasteiger partial charge on any atom is -0.387 e. The van der Waals surface area contributed by atoms with Gasteiger partial charge in [-0.05, 0) is 64.2 Å². The largest absolute Gasteiger partial charge is 0.472 e. The molecule has 354 valence electrons. The number of aliphatic hydroxyl groups excluding tert-OH is 1. The lowest BCUT2D eigenvalue weighted by atomic mass is 10.0. The summed E-state index contributed by atoms with van der Waals surface area (Å²) in [4.78, 5) is 23.0. The zero-order valence-corrected chi connectivity index (χ0v) is 41.0. The molecule has 0 aliphatic carbocycles. The van der Waals surface area contributed by atoms with E-state index >= 15 is 0 Å². The van der Waals surface area contributed by atoms with Crippen LogP contribution in [-0.2, 0) is 18.4 Å². The molecule has 0 saturated heterocycles. The lowest BCUT2D eigenvalue weighted by Crippen LogP contribution is -2.45. The molecule has 0 rings (SSSR count). The standard InChI is InChI=1S/C52H95N2O6P/c1-6-8-10-12-14-15-16-17-18-19-20-21-22-23-24-25-26-27-28-29-30-31-32-33-34-35-36-37-38-39-40-42-44-46-52(56)53-50(51(55)45-43-41-13-11-9-7-2)49-60-61(57,58)59-48-47-54(3,4)5/h8,10,14-15,17-18,20-21,23-24,43,45,50-51,55H,6-7,9,11-13,16,19,22,25-42,44,46-49H2,1-5H3,(H-,53,56,57,58)/p+1/b10-8-,15-14-,18-17-,21-20-,24-23-,45-43+. The Morgan fingerprint density at radius 2 is 0.984 bits per heavy atom. The number of quaternary nitrogens is 1. The summed E-state index contributed by atoms with van der Waals surface area (Å²) < 4.78 is 23.4. The molecule has 3 unspecified atom stereocenters. The van der Waals surface area contributed by atoms with E-state index in [2.05, 4.69) is 79.9 Å². The highest BCUT2D eigenvalue weighted by Gasteiger charge is 2.27. The highest BCUT2D eigenvalue weighted by molar-refractivity contribution is 7.47. The van der Waals surface area contributed by atoms with Crippen molar-refractivity contribution in [1.29, 1.82) is 0 Å². The molecule has 0 aliphatic heterocycles. The van der Waals surface area contributed by atoms with E-state index in [1.165, 1.54) is 103 Å². The molecule has 9 heteroatoms. The Bertz CT molecular complexity index is 1220. The summed E-state index contributed by atoms with van der Waals surface area (Å²) in [6.07, 6.45) is 58.9. The van der Waals surface area contributed by atoms with Crippen molar-refractivity contribution >= 4 is 13.7 Å². The number of carbonyl (C=O) groups excluding carboxylic acids is 1. The lowest BCUT2D eigenvalue weighted by Gasteiger charge is -2.25. The van der Waals surface area contributed by atoms with Gasteiger partial charge in [-0.3, -0.25) is 13.8 Å². The number of allylic oxidation sites excluding steroid dienone is 11. The van der Waals surface area contributed by atoms with Gasteiger partial charge in [0.25, 0.3) is 0 Å². The molecule has 0 aromatic rings. The average molecular weight is 876 g/mol. The molecule has 0 spiro atoms. The third-order valence-corrected chi connectivity index (χ3v) is 11.7. The Labute approximate surface area is 376 Å². The summed E-state index contributed by atoms with van der Waals surface area (Å²) in [5.74, 6) is -0.184. The first kappa shape index (κ1) is 58.9. The van der Waals surface area contributed by atoms with E-state index in [0.29, 0.717) is 17.4 Å². The normalized spacial score (nSPS) is 14.8. The Morgan fingerprint density at radius 3 is 1.44 bits per heavy atom. The van der Waals surface area contributed by atoms with Gasteiger partial charge in [0.1, 0.15) is 13.2 Å². The van der Waals surface area contributed by atoms with E-state index in [-0.39, 0.29) is 19.1 Å². The van der Waals surface area contributed by atoms with Crippen molar-refractivity contribution in [3.63, 3.8) is 0 Å². The molecule has 61 heavy (non-hydrogen) atoms. The van der Waals surface area contributed by atoms with Crippen LogP contribution in [0.3, 0.4) is 0 Å². The van der Waals surface area contributed by atoms with Crippen LogP contribution in [0.2, 0.25) is 0 Å². The maximum Gasteiger partial charge on any atom is 0.472 e. The van der Waals surface area contributed by atoms with Gasteiger partial charge in [0, 0.05) is 6.42 Å². The number of aliphatic hydroxyl groups is 1. The van der Waals surface area contributed by atoms with E-state index in [1.54, 1.807) is 6.08 Å². The summed E-state index contributed by atoms with van der Waals surface area (Å²) in [6, 6.07) is -0.844. The molecule has 3 N–H and O–H groups in total. The molecule has 8 nitrogen and oxygen atoms in total. The number of hydrogen-bond acceptors (Lipinski definition) is 5. The summed E-state index contributed by atoms with van der Waals surface area (Å²) >= 11 is 0. The third-order valence-electron chi connectivity index (χ3n) is 10.7. The molecule has 0 aliphatic rings. The van der Waals surface area contributed by atoms with Crippen LogP contribution in [0.25, 0.3) is 0 Å². The quantitative estimate of drug-likeness (QED) is 0.0244. The molecular weight excluding hydrogens is 780 g/mol. The van der Waals surface area contributed by atoms with Crippen LogP contribution in [0, 0.1) is 0 Å². The van der Waals surface area contributed by atoms with E-state index in [9.17, 15) is 19.4 Å². The molecule has 0 radical (unpaired) electrons. The number of nitrogens with zero attached hydrogens (tertiary/aromatic N) is 1. The summed E-state index contributed by atoms with van der Waals surface area (Å²) in [5, 5.41) is 13.7. The molecule has 3 atom stereocenters. The highest BCUT2D eigenvalue weighted by Crippen LogP contribution is 2.43. The fourth-order valence-electron chi connectivity index (χ4n) is 6.77. The van der Waals surface area contributed by atoms with Gasteiger partial charge < -0.3 is 19.8 Å². The molecule has 0 bridgehead atoms. The Hall–Kier alpha value is -2.06. The van der Waals surface area contributed by atoms with Crippen molar-refractivity contribution in [2.24, 2.45) is 0 Å². The second-order valence-electron chi connectivity index (χ2n) is 17.8. The van der Waals surface area contributed by atoms with Crippen LogP contribution in [0.5, 0.6) is 0 Å². The van der Waals surface area contributed by atoms with Gasteiger partial charge in [0.15, 0.2) is 0 Å². The summed E-state index contributed by atoms with van der Waals surface area (Å²) in [5.41, 5.74) is 0. The number of hydrogen-bond donors (Lipinski definition) is 3. The van der Waals surface area contributed by atoms with Crippen molar-refractivity contribution in [2.75, 3.05) is 40.9 Å². The van der Waals surface area contributed by atoms with Crippen LogP contribution in [0.15, 0.2) is 72.9 Å². The Balaban J connectivity index is 3.89. The van der Waals surface area contributed by atoms with Crippen LogP contribution < -0.4 is 5.32 Å². The number of unbranched alkanes of at least 4 members (excludes halogenated alkanes) is 21. The monoisotopic (exact) mass is 876 g/mol. The van der Waals surface area contributed by atoms with E-state index in [1.807, 2.05) is 27.2 Å². The molecular formula is C52H96N2O6P+. The maximum atomic E-state index is 12.8. The first-order chi connectivity index (χ1) is 29.5. The number of phosphoric ester groups is 1. The fraction of sp³-hybridized carbons (Fsp3) is 0.750. The molecule has 1 amide bonds. The Morgan fingerprint density at radius 1 is 0.574 bits per heavy atom. The van der Waals surface area contributed by atoms with E-state index in [0.717, 1.165) is 77.0 Å². The minimum atomic E-state index is -4.33. The predicted octanol–water partition coefficient (Wildman–Crippen LogP) is 14.4. The van der Waals surface area contributed by atoms with Gasteiger partial charge in [-0.1, -0.05) is 202 Å². The van der Waals surface area contributed by atoms with E-state index in [4.69, 9.17) is 9.05 Å². The number of nitrogens with one attached hydrogen (secondary N) is 1. The highest BCUT2D eigenvalue weighted by atomic mass is 31.2. The van der Waals surface area contributed by atoms with Gasteiger partial charge in [0.05, 0.1) is 39.9 Å².